The lowest BCUT2D eigenvalue weighted by Gasteiger charge is -2.25. The Balaban J connectivity index is 2.50. The molecule has 1 rings (SSSR count). The van der Waals surface area contributed by atoms with Crippen LogP contribution in [0.3, 0.4) is 0 Å². The summed E-state index contributed by atoms with van der Waals surface area (Å²) in [4.78, 5) is 11.8. The number of rotatable bonds is 1. The minimum atomic E-state index is -0.381. The molecule has 2 atom stereocenters. The van der Waals surface area contributed by atoms with Crippen molar-refractivity contribution in [3.8, 4) is 0 Å². The number of ether oxygens (including phenoxy) is 1. The first kappa shape index (κ1) is 12.5. The smallest absolute Gasteiger partial charge is 0.323 e. The molecule has 3 heteroatoms. The molecule has 1 N–H and O–H groups in total. The van der Waals surface area contributed by atoms with Gasteiger partial charge in [0.25, 0.3) is 0 Å². The van der Waals surface area contributed by atoms with E-state index in [-0.39, 0.29) is 17.6 Å². The average Bonchev–Trinajstić information content (AvgIpc) is 2.26. The Bertz CT molecular complexity index is 220. The Labute approximate surface area is 92.6 Å². The van der Waals surface area contributed by atoms with Crippen LogP contribution in [-0.2, 0) is 9.53 Å². The number of carbonyl (C=O) groups excluding carboxylic acids is 1. The predicted octanol–water partition coefficient (Wildman–Crippen LogP) is 2.25. The Morgan fingerprint density at radius 2 is 1.87 bits per heavy atom. The van der Waals surface area contributed by atoms with Crippen molar-refractivity contribution in [3.63, 3.8) is 0 Å². The summed E-state index contributed by atoms with van der Waals surface area (Å²) in [6.45, 7) is 7.85. The monoisotopic (exact) mass is 213 g/mol. The molecule has 0 aliphatic carbocycles. The number of hydrogen-bond acceptors (Lipinski definition) is 3. The van der Waals surface area contributed by atoms with Crippen molar-refractivity contribution in [3.05, 3.63) is 0 Å². The van der Waals surface area contributed by atoms with Crippen LogP contribution in [0, 0.1) is 0 Å². The van der Waals surface area contributed by atoms with Crippen LogP contribution in [-0.4, -0.2) is 23.7 Å². The first-order valence-corrected chi connectivity index (χ1v) is 5.87. The largest absolute Gasteiger partial charge is 0.459 e. The SMILES string of the molecule is C[C@@H]1CCCC[C@H](C(=O)OC(C)(C)C)N1. The molecule has 0 aromatic carbocycles. The fraction of sp³-hybridized carbons (Fsp3) is 0.917. The number of hydrogen-bond donors (Lipinski definition) is 1. The molecule has 0 amide bonds. The standard InChI is InChI=1S/C12H23NO2/c1-9-7-5-6-8-10(13-9)11(14)15-12(2,3)4/h9-10,13H,5-8H2,1-4H3/t9-,10-/m1/s1. The van der Waals surface area contributed by atoms with Gasteiger partial charge in [-0.05, 0) is 40.5 Å². The van der Waals surface area contributed by atoms with E-state index in [0.29, 0.717) is 6.04 Å². The van der Waals surface area contributed by atoms with Gasteiger partial charge in [0.05, 0.1) is 0 Å². The molecule has 1 aliphatic heterocycles. The molecule has 1 saturated heterocycles. The molecule has 0 spiro atoms. The Kier molecular flexibility index (Phi) is 4.14. The van der Waals surface area contributed by atoms with Crippen LogP contribution in [0.1, 0.15) is 53.4 Å². The molecule has 1 aliphatic rings. The van der Waals surface area contributed by atoms with Gasteiger partial charge in [0, 0.05) is 6.04 Å². The van der Waals surface area contributed by atoms with Crippen molar-refractivity contribution >= 4 is 5.97 Å². The molecule has 0 radical (unpaired) electrons. The van der Waals surface area contributed by atoms with Gasteiger partial charge in [0.15, 0.2) is 0 Å². The molecule has 0 unspecified atom stereocenters. The Morgan fingerprint density at radius 3 is 2.47 bits per heavy atom. The maximum Gasteiger partial charge on any atom is 0.323 e. The lowest BCUT2D eigenvalue weighted by Crippen LogP contribution is -2.43. The van der Waals surface area contributed by atoms with Crippen LogP contribution in [0.4, 0.5) is 0 Å². The molecular formula is C12H23NO2. The fourth-order valence-corrected chi connectivity index (χ4v) is 1.87. The van der Waals surface area contributed by atoms with Gasteiger partial charge in [-0.25, -0.2) is 0 Å². The van der Waals surface area contributed by atoms with E-state index < -0.39 is 0 Å². The third kappa shape index (κ3) is 4.65. The summed E-state index contributed by atoms with van der Waals surface area (Å²) < 4.78 is 5.38. The molecule has 3 nitrogen and oxygen atoms in total. The third-order valence-electron chi connectivity index (χ3n) is 2.56. The summed E-state index contributed by atoms with van der Waals surface area (Å²) in [6.07, 6.45) is 4.37. The van der Waals surface area contributed by atoms with Crippen LogP contribution in [0.5, 0.6) is 0 Å². The Hall–Kier alpha value is -0.570. The second-order valence-corrected chi connectivity index (χ2v) is 5.44. The summed E-state index contributed by atoms with van der Waals surface area (Å²) >= 11 is 0. The van der Waals surface area contributed by atoms with E-state index in [2.05, 4.69) is 12.2 Å². The number of esters is 1. The minimum absolute atomic E-state index is 0.101. The van der Waals surface area contributed by atoms with E-state index in [1.807, 2.05) is 20.8 Å². The van der Waals surface area contributed by atoms with Gasteiger partial charge in [-0.15, -0.1) is 0 Å². The average molecular weight is 213 g/mol. The van der Waals surface area contributed by atoms with E-state index in [1.165, 1.54) is 6.42 Å². The summed E-state index contributed by atoms with van der Waals surface area (Å²) in [5.41, 5.74) is -0.381. The highest BCUT2D eigenvalue weighted by Crippen LogP contribution is 2.16. The number of nitrogens with one attached hydrogen (secondary N) is 1. The maximum absolute atomic E-state index is 11.8. The quantitative estimate of drug-likeness (QED) is 0.679. The van der Waals surface area contributed by atoms with Crippen molar-refractivity contribution in [2.75, 3.05) is 0 Å². The van der Waals surface area contributed by atoms with Crippen LogP contribution >= 0.6 is 0 Å². The van der Waals surface area contributed by atoms with Crippen molar-refractivity contribution in [2.24, 2.45) is 0 Å². The van der Waals surface area contributed by atoms with Crippen molar-refractivity contribution in [1.29, 1.82) is 0 Å². The highest BCUT2D eigenvalue weighted by Gasteiger charge is 2.27. The third-order valence-corrected chi connectivity index (χ3v) is 2.56. The highest BCUT2D eigenvalue weighted by atomic mass is 16.6. The van der Waals surface area contributed by atoms with Gasteiger partial charge < -0.3 is 10.1 Å². The summed E-state index contributed by atoms with van der Waals surface area (Å²) in [5, 5.41) is 3.33. The highest BCUT2D eigenvalue weighted by molar-refractivity contribution is 5.76. The fourth-order valence-electron chi connectivity index (χ4n) is 1.87. The zero-order valence-corrected chi connectivity index (χ0v) is 10.3. The minimum Gasteiger partial charge on any atom is -0.459 e. The van der Waals surface area contributed by atoms with Gasteiger partial charge in [0.1, 0.15) is 11.6 Å². The maximum atomic E-state index is 11.8. The summed E-state index contributed by atoms with van der Waals surface area (Å²) in [7, 11) is 0. The van der Waals surface area contributed by atoms with Crippen LogP contribution in [0.2, 0.25) is 0 Å². The van der Waals surface area contributed by atoms with Crippen molar-refractivity contribution in [2.45, 2.75) is 71.1 Å². The first-order valence-electron chi connectivity index (χ1n) is 5.87. The van der Waals surface area contributed by atoms with Gasteiger partial charge in [-0.3, -0.25) is 4.79 Å². The normalized spacial score (nSPS) is 28.3. The van der Waals surface area contributed by atoms with Gasteiger partial charge in [0.2, 0.25) is 0 Å². The second-order valence-electron chi connectivity index (χ2n) is 5.44. The van der Waals surface area contributed by atoms with Crippen molar-refractivity contribution < 1.29 is 9.53 Å². The Morgan fingerprint density at radius 1 is 1.27 bits per heavy atom. The molecule has 0 bridgehead atoms. The number of carbonyl (C=O) groups is 1. The van der Waals surface area contributed by atoms with E-state index >= 15 is 0 Å². The predicted molar refractivity (Wildman–Crippen MR) is 60.7 cm³/mol. The van der Waals surface area contributed by atoms with E-state index in [4.69, 9.17) is 4.74 Å². The van der Waals surface area contributed by atoms with Crippen LogP contribution in [0.25, 0.3) is 0 Å². The molecule has 0 aromatic rings. The summed E-state index contributed by atoms with van der Waals surface area (Å²) in [6, 6.07) is 0.312. The van der Waals surface area contributed by atoms with Crippen LogP contribution in [0.15, 0.2) is 0 Å². The second kappa shape index (κ2) is 4.97. The molecule has 1 heterocycles. The lowest BCUT2D eigenvalue weighted by molar-refractivity contribution is -0.157. The molecule has 0 saturated carbocycles. The molecular weight excluding hydrogens is 190 g/mol. The van der Waals surface area contributed by atoms with Crippen molar-refractivity contribution in [1.82, 2.24) is 5.32 Å². The first-order chi connectivity index (χ1) is 6.88. The van der Waals surface area contributed by atoms with Gasteiger partial charge in [-0.1, -0.05) is 12.8 Å². The molecule has 15 heavy (non-hydrogen) atoms. The van der Waals surface area contributed by atoms with Crippen LogP contribution < -0.4 is 5.32 Å². The van der Waals surface area contributed by atoms with Gasteiger partial charge >= 0.3 is 5.97 Å². The zero-order chi connectivity index (χ0) is 11.5. The molecule has 88 valence electrons. The van der Waals surface area contributed by atoms with E-state index in [0.717, 1.165) is 19.3 Å². The van der Waals surface area contributed by atoms with E-state index in [1.54, 1.807) is 0 Å². The van der Waals surface area contributed by atoms with E-state index in [9.17, 15) is 4.79 Å². The zero-order valence-electron chi connectivity index (χ0n) is 10.3. The topological polar surface area (TPSA) is 38.3 Å². The lowest BCUT2D eigenvalue weighted by atomic mass is 10.1. The molecule has 1 fully saturated rings. The summed E-state index contributed by atoms with van der Waals surface area (Å²) in [5.74, 6) is -0.101. The molecule has 0 aromatic heterocycles. The van der Waals surface area contributed by atoms with Gasteiger partial charge in [-0.2, -0.15) is 0 Å².